The van der Waals surface area contributed by atoms with Crippen molar-refractivity contribution in [2.24, 2.45) is 0 Å². The van der Waals surface area contributed by atoms with Gasteiger partial charge in [0.15, 0.2) is 5.82 Å². The largest absolute Gasteiger partial charge is 0.483 e. The van der Waals surface area contributed by atoms with Gasteiger partial charge in [-0.25, -0.2) is 9.97 Å². The summed E-state index contributed by atoms with van der Waals surface area (Å²) < 4.78 is 5.85. The molecule has 0 saturated carbocycles. The number of hydrogen-bond donors (Lipinski definition) is 1. The third-order valence-corrected chi connectivity index (χ3v) is 3.46. The molecule has 2 heterocycles. The molecule has 1 aliphatic heterocycles. The van der Waals surface area contributed by atoms with E-state index in [1.54, 1.807) is 6.07 Å². The molecule has 5 heteroatoms. The van der Waals surface area contributed by atoms with Crippen LogP contribution < -0.4 is 10.1 Å². The van der Waals surface area contributed by atoms with Crippen LogP contribution in [0.3, 0.4) is 0 Å². The Labute approximate surface area is 123 Å². The van der Waals surface area contributed by atoms with E-state index >= 15 is 0 Å². The lowest BCUT2D eigenvalue weighted by atomic mass is 10.0. The van der Waals surface area contributed by atoms with Crippen LogP contribution in [0.2, 0.25) is 5.15 Å². The summed E-state index contributed by atoms with van der Waals surface area (Å²) in [6.45, 7) is 3.20. The van der Waals surface area contributed by atoms with E-state index in [4.69, 9.17) is 16.3 Å². The quantitative estimate of drug-likeness (QED) is 0.880. The van der Waals surface area contributed by atoms with Crippen LogP contribution in [0.25, 0.3) is 0 Å². The Balaban J connectivity index is 1.78. The minimum atomic E-state index is 0.319. The zero-order valence-electron chi connectivity index (χ0n) is 11.3. The molecular formula is C15H16ClN3O. The van der Waals surface area contributed by atoms with Crippen LogP contribution in [0.4, 0.5) is 5.69 Å². The van der Waals surface area contributed by atoms with Crippen molar-refractivity contribution >= 4 is 17.3 Å². The highest BCUT2D eigenvalue weighted by molar-refractivity contribution is 6.29. The second-order valence-electron chi connectivity index (χ2n) is 4.86. The number of anilines is 1. The summed E-state index contributed by atoms with van der Waals surface area (Å²) in [6.07, 6.45) is 2.25. The molecule has 1 aliphatic rings. The number of rotatable bonds is 3. The van der Waals surface area contributed by atoms with E-state index in [0.29, 0.717) is 17.6 Å². The Morgan fingerprint density at radius 2 is 2.25 bits per heavy atom. The van der Waals surface area contributed by atoms with Gasteiger partial charge in [0.2, 0.25) is 0 Å². The predicted octanol–water partition coefficient (Wildman–Crippen LogP) is 3.38. The van der Waals surface area contributed by atoms with Crippen molar-refractivity contribution < 1.29 is 4.74 Å². The third-order valence-electron chi connectivity index (χ3n) is 3.26. The van der Waals surface area contributed by atoms with Crippen molar-refractivity contribution in [1.29, 1.82) is 0 Å². The summed E-state index contributed by atoms with van der Waals surface area (Å²) in [4.78, 5) is 8.49. The highest BCUT2D eigenvalue weighted by atomic mass is 35.5. The van der Waals surface area contributed by atoms with Crippen LogP contribution in [0.15, 0.2) is 24.3 Å². The summed E-state index contributed by atoms with van der Waals surface area (Å²) >= 11 is 5.93. The number of halogens is 1. The molecule has 1 N–H and O–H groups in total. The van der Waals surface area contributed by atoms with E-state index in [-0.39, 0.29) is 0 Å². The van der Waals surface area contributed by atoms with Gasteiger partial charge in [0.25, 0.3) is 0 Å². The van der Waals surface area contributed by atoms with Gasteiger partial charge in [0, 0.05) is 12.2 Å². The average Bonchev–Trinajstić information content (AvgIpc) is 2.44. The molecule has 1 aromatic carbocycles. The molecule has 0 aliphatic carbocycles. The lowest BCUT2D eigenvalue weighted by Crippen LogP contribution is -2.13. The van der Waals surface area contributed by atoms with Gasteiger partial charge in [0.05, 0.1) is 5.69 Å². The first kappa shape index (κ1) is 13.2. The maximum absolute atomic E-state index is 5.93. The summed E-state index contributed by atoms with van der Waals surface area (Å²) in [5.74, 6) is 1.45. The molecule has 0 atom stereocenters. The zero-order chi connectivity index (χ0) is 13.9. The molecule has 0 bridgehead atoms. The fourth-order valence-electron chi connectivity index (χ4n) is 2.39. The van der Waals surface area contributed by atoms with E-state index in [0.717, 1.165) is 36.5 Å². The zero-order valence-corrected chi connectivity index (χ0v) is 12.1. The Morgan fingerprint density at radius 1 is 1.35 bits per heavy atom. The van der Waals surface area contributed by atoms with Crippen LogP contribution in [0.1, 0.15) is 23.5 Å². The molecule has 20 heavy (non-hydrogen) atoms. The van der Waals surface area contributed by atoms with Crippen molar-refractivity contribution in [1.82, 2.24) is 9.97 Å². The van der Waals surface area contributed by atoms with E-state index in [9.17, 15) is 0 Å². The van der Waals surface area contributed by atoms with Gasteiger partial charge in [0.1, 0.15) is 17.5 Å². The summed E-state index contributed by atoms with van der Waals surface area (Å²) in [5.41, 5.74) is 3.24. The second kappa shape index (κ2) is 5.67. The number of aromatic nitrogens is 2. The monoisotopic (exact) mass is 289 g/mol. The predicted molar refractivity (Wildman–Crippen MR) is 79.4 cm³/mol. The van der Waals surface area contributed by atoms with Crippen molar-refractivity contribution in [3.05, 3.63) is 46.5 Å². The van der Waals surface area contributed by atoms with E-state index in [1.807, 2.05) is 19.1 Å². The second-order valence-corrected chi connectivity index (χ2v) is 5.24. The number of nitrogens with one attached hydrogen (secondary N) is 1. The Bertz CT molecular complexity index is 610. The van der Waals surface area contributed by atoms with Gasteiger partial charge in [-0.15, -0.1) is 0 Å². The SMILES string of the molecule is Cc1cc(Cl)nc(COc2cccc3c2NCCC3)n1. The number of benzene rings is 1. The molecule has 2 aromatic rings. The van der Waals surface area contributed by atoms with E-state index in [1.165, 1.54) is 5.56 Å². The molecule has 0 amide bonds. The number of aryl methyl sites for hydroxylation is 2. The van der Waals surface area contributed by atoms with E-state index in [2.05, 4.69) is 21.4 Å². The van der Waals surface area contributed by atoms with Crippen molar-refractivity contribution in [3.8, 4) is 5.75 Å². The summed E-state index contributed by atoms with van der Waals surface area (Å²) in [5, 5.41) is 3.85. The van der Waals surface area contributed by atoms with Crippen LogP contribution in [0, 0.1) is 6.92 Å². The lowest BCUT2D eigenvalue weighted by molar-refractivity contribution is 0.296. The van der Waals surface area contributed by atoms with Crippen LogP contribution in [0.5, 0.6) is 5.75 Å². The van der Waals surface area contributed by atoms with Crippen molar-refractivity contribution in [3.63, 3.8) is 0 Å². The molecule has 3 rings (SSSR count). The first-order chi connectivity index (χ1) is 9.72. The maximum Gasteiger partial charge on any atom is 0.167 e. The fourth-order valence-corrected chi connectivity index (χ4v) is 2.65. The number of hydrogen-bond acceptors (Lipinski definition) is 4. The van der Waals surface area contributed by atoms with Gasteiger partial charge in [-0.05, 0) is 37.5 Å². The molecule has 0 unspecified atom stereocenters. The van der Waals surface area contributed by atoms with E-state index < -0.39 is 0 Å². The van der Waals surface area contributed by atoms with Crippen LogP contribution in [-0.4, -0.2) is 16.5 Å². The molecular weight excluding hydrogens is 274 g/mol. The van der Waals surface area contributed by atoms with Gasteiger partial charge < -0.3 is 10.1 Å². The Morgan fingerprint density at radius 3 is 3.10 bits per heavy atom. The number of para-hydroxylation sites is 1. The average molecular weight is 290 g/mol. The first-order valence-electron chi connectivity index (χ1n) is 6.71. The number of fused-ring (bicyclic) bond motifs is 1. The topological polar surface area (TPSA) is 47.0 Å². The van der Waals surface area contributed by atoms with Crippen molar-refractivity contribution in [2.75, 3.05) is 11.9 Å². The minimum absolute atomic E-state index is 0.319. The normalized spacial score (nSPS) is 13.5. The number of ether oxygens (including phenoxy) is 1. The van der Waals surface area contributed by atoms with Crippen LogP contribution in [-0.2, 0) is 13.0 Å². The smallest absolute Gasteiger partial charge is 0.167 e. The minimum Gasteiger partial charge on any atom is -0.483 e. The molecule has 4 nitrogen and oxygen atoms in total. The first-order valence-corrected chi connectivity index (χ1v) is 7.09. The molecule has 1 aromatic heterocycles. The molecule has 0 radical (unpaired) electrons. The lowest BCUT2D eigenvalue weighted by Gasteiger charge is -2.21. The standard InChI is InChI=1S/C15H16ClN3O/c1-10-8-13(16)19-14(18-10)9-20-12-6-2-4-11-5-3-7-17-15(11)12/h2,4,6,8,17H,3,5,7,9H2,1H3. The third kappa shape index (κ3) is 2.85. The molecule has 0 fully saturated rings. The molecule has 0 spiro atoms. The molecule has 104 valence electrons. The number of nitrogens with zero attached hydrogens (tertiary/aromatic N) is 2. The van der Waals surface area contributed by atoms with Gasteiger partial charge >= 0.3 is 0 Å². The fraction of sp³-hybridized carbons (Fsp3) is 0.333. The molecule has 0 saturated heterocycles. The maximum atomic E-state index is 5.93. The van der Waals surface area contributed by atoms with Gasteiger partial charge in [-0.3, -0.25) is 0 Å². The van der Waals surface area contributed by atoms with Gasteiger partial charge in [-0.2, -0.15) is 0 Å². The summed E-state index contributed by atoms with van der Waals surface area (Å²) in [6, 6.07) is 7.85. The Hall–Kier alpha value is -1.81. The van der Waals surface area contributed by atoms with Crippen molar-refractivity contribution in [2.45, 2.75) is 26.4 Å². The van der Waals surface area contributed by atoms with Gasteiger partial charge in [-0.1, -0.05) is 23.7 Å². The highest BCUT2D eigenvalue weighted by Gasteiger charge is 2.13. The highest BCUT2D eigenvalue weighted by Crippen LogP contribution is 2.32. The van der Waals surface area contributed by atoms with Crippen LogP contribution >= 0.6 is 11.6 Å². The Kier molecular flexibility index (Phi) is 3.74. The summed E-state index contributed by atoms with van der Waals surface area (Å²) in [7, 11) is 0.